The number of carbonyl (C=O) groups excluding carboxylic acids is 1. The fourth-order valence-electron chi connectivity index (χ4n) is 1.80. The second-order valence-electron chi connectivity index (χ2n) is 4.31. The first-order chi connectivity index (χ1) is 9.97. The molecule has 21 heavy (non-hydrogen) atoms. The lowest BCUT2D eigenvalue weighted by molar-refractivity contribution is -0.138. The lowest BCUT2D eigenvalue weighted by atomic mass is 10.0. The van der Waals surface area contributed by atoms with Gasteiger partial charge in [0.25, 0.3) is 0 Å². The number of amides is 1. The minimum absolute atomic E-state index is 0.0540. The molecule has 2 rings (SSSR count). The summed E-state index contributed by atoms with van der Waals surface area (Å²) in [5.74, 6) is -0.502. The maximum absolute atomic E-state index is 12.8. The molecule has 0 bridgehead atoms. The van der Waals surface area contributed by atoms with Crippen molar-refractivity contribution in [2.24, 2.45) is 0 Å². The van der Waals surface area contributed by atoms with Crippen LogP contribution in [0.4, 0.5) is 13.2 Å². The Morgan fingerprint density at radius 1 is 1.19 bits per heavy atom. The molecule has 1 aromatic heterocycles. The van der Waals surface area contributed by atoms with E-state index in [1.807, 2.05) is 0 Å². The van der Waals surface area contributed by atoms with Gasteiger partial charge in [-0.3, -0.25) is 14.8 Å². The van der Waals surface area contributed by atoms with Gasteiger partial charge in [0.1, 0.15) is 0 Å². The summed E-state index contributed by atoms with van der Waals surface area (Å²) in [6.45, 7) is 0.126. The van der Waals surface area contributed by atoms with Crippen LogP contribution in [0.25, 0.3) is 0 Å². The molecule has 0 atom stereocenters. The molecule has 0 saturated carbocycles. The molecule has 2 aromatic rings. The van der Waals surface area contributed by atoms with E-state index in [2.05, 4.69) is 15.3 Å². The standard InChI is InChI=1S/C14H12F3N3O/c15-14(16,17)12-4-2-1-3-10(12)7-13(21)20-9-11-8-18-5-6-19-11/h1-6,8H,7,9H2,(H,20,21). The number of carbonyl (C=O) groups is 1. The van der Waals surface area contributed by atoms with Crippen molar-refractivity contribution in [1.29, 1.82) is 0 Å². The molecule has 4 nitrogen and oxygen atoms in total. The van der Waals surface area contributed by atoms with Crippen molar-refractivity contribution in [3.8, 4) is 0 Å². The second kappa shape index (κ2) is 6.34. The average molecular weight is 295 g/mol. The zero-order chi connectivity index (χ0) is 15.3. The van der Waals surface area contributed by atoms with Crippen LogP contribution in [0.2, 0.25) is 0 Å². The fraction of sp³-hybridized carbons (Fsp3) is 0.214. The Morgan fingerprint density at radius 3 is 2.62 bits per heavy atom. The van der Waals surface area contributed by atoms with Gasteiger partial charge in [-0.1, -0.05) is 18.2 Å². The number of halogens is 3. The Hall–Kier alpha value is -2.44. The van der Waals surface area contributed by atoms with E-state index >= 15 is 0 Å². The van der Waals surface area contributed by atoms with Crippen molar-refractivity contribution >= 4 is 5.91 Å². The van der Waals surface area contributed by atoms with Gasteiger partial charge in [-0.25, -0.2) is 0 Å². The van der Waals surface area contributed by atoms with Crippen LogP contribution in [0.5, 0.6) is 0 Å². The van der Waals surface area contributed by atoms with E-state index in [1.54, 1.807) is 0 Å². The molecule has 0 unspecified atom stereocenters. The third-order valence-corrected chi connectivity index (χ3v) is 2.76. The number of alkyl halides is 3. The van der Waals surface area contributed by atoms with Crippen molar-refractivity contribution in [3.05, 3.63) is 59.7 Å². The number of nitrogens with one attached hydrogen (secondary N) is 1. The van der Waals surface area contributed by atoms with Crippen molar-refractivity contribution in [2.75, 3.05) is 0 Å². The van der Waals surface area contributed by atoms with Crippen LogP contribution in [-0.2, 0) is 23.9 Å². The number of benzene rings is 1. The first kappa shape index (κ1) is 15.0. The van der Waals surface area contributed by atoms with Crippen molar-refractivity contribution in [2.45, 2.75) is 19.1 Å². The monoisotopic (exact) mass is 295 g/mol. The van der Waals surface area contributed by atoms with Crippen molar-refractivity contribution < 1.29 is 18.0 Å². The summed E-state index contributed by atoms with van der Waals surface area (Å²) in [7, 11) is 0. The summed E-state index contributed by atoms with van der Waals surface area (Å²) >= 11 is 0. The number of nitrogens with zero attached hydrogens (tertiary/aromatic N) is 2. The van der Waals surface area contributed by atoms with E-state index in [1.165, 1.54) is 36.8 Å². The third kappa shape index (κ3) is 4.27. The zero-order valence-electron chi connectivity index (χ0n) is 10.9. The van der Waals surface area contributed by atoms with Gasteiger partial charge in [0.05, 0.1) is 30.4 Å². The van der Waals surface area contributed by atoms with Crippen LogP contribution in [0, 0.1) is 0 Å². The van der Waals surface area contributed by atoms with E-state index in [-0.39, 0.29) is 18.5 Å². The summed E-state index contributed by atoms with van der Waals surface area (Å²) in [6.07, 6.45) is -0.368. The summed E-state index contributed by atoms with van der Waals surface area (Å²) in [5.41, 5.74) is -0.309. The van der Waals surface area contributed by atoms with Gasteiger partial charge >= 0.3 is 6.18 Å². The van der Waals surface area contributed by atoms with Gasteiger partial charge in [-0.2, -0.15) is 13.2 Å². The second-order valence-corrected chi connectivity index (χ2v) is 4.31. The minimum atomic E-state index is -4.47. The van der Waals surface area contributed by atoms with E-state index in [0.29, 0.717) is 5.69 Å². The molecule has 0 fully saturated rings. The molecule has 1 heterocycles. The van der Waals surface area contributed by atoms with Crippen LogP contribution < -0.4 is 5.32 Å². The van der Waals surface area contributed by atoms with Gasteiger partial charge in [0.2, 0.25) is 5.91 Å². The molecule has 1 amide bonds. The van der Waals surface area contributed by atoms with Gasteiger partial charge in [0.15, 0.2) is 0 Å². The van der Waals surface area contributed by atoms with Crippen LogP contribution in [0.3, 0.4) is 0 Å². The van der Waals surface area contributed by atoms with Crippen LogP contribution >= 0.6 is 0 Å². The fourth-order valence-corrected chi connectivity index (χ4v) is 1.80. The number of aromatic nitrogens is 2. The highest BCUT2D eigenvalue weighted by Crippen LogP contribution is 2.31. The molecule has 0 radical (unpaired) electrons. The van der Waals surface area contributed by atoms with Gasteiger partial charge in [-0.15, -0.1) is 0 Å². The molecule has 0 saturated heterocycles. The highest BCUT2D eigenvalue weighted by Gasteiger charge is 2.33. The maximum Gasteiger partial charge on any atom is 0.416 e. The highest BCUT2D eigenvalue weighted by atomic mass is 19.4. The lowest BCUT2D eigenvalue weighted by Gasteiger charge is -2.12. The molecular formula is C14H12F3N3O. The number of hydrogen-bond acceptors (Lipinski definition) is 3. The number of hydrogen-bond donors (Lipinski definition) is 1. The first-order valence-corrected chi connectivity index (χ1v) is 6.13. The molecule has 1 N–H and O–H groups in total. The summed E-state index contributed by atoms with van der Waals surface area (Å²) in [4.78, 5) is 19.5. The highest BCUT2D eigenvalue weighted by molar-refractivity contribution is 5.78. The van der Waals surface area contributed by atoms with Crippen LogP contribution in [-0.4, -0.2) is 15.9 Å². The first-order valence-electron chi connectivity index (χ1n) is 6.13. The molecule has 0 aliphatic heterocycles. The SMILES string of the molecule is O=C(Cc1ccccc1C(F)(F)F)NCc1cnccn1. The molecule has 0 aliphatic carbocycles. The molecular weight excluding hydrogens is 283 g/mol. The van der Waals surface area contributed by atoms with E-state index in [9.17, 15) is 18.0 Å². The molecule has 7 heteroatoms. The van der Waals surface area contributed by atoms with E-state index < -0.39 is 17.6 Å². The Labute approximate surface area is 119 Å². The summed E-state index contributed by atoms with van der Waals surface area (Å²) < 4.78 is 38.4. The lowest BCUT2D eigenvalue weighted by Crippen LogP contribution is -2.26. The molecule has 110 valence electrons. The van der Waals surface area contributed by atoms with E-state index in [4.69, 9.17) is 0 Å². The molecule has 1 aromatic carbocycles. The van der Waals surface area contributed by atoms with Crippen molar-refractivity contribution in [3.63, 3.8) is 0 Å². The topological polar surface area (TPSA) is 54.9 Å². The van der Waals surface area contributed by atoms with Gasteiger partial charge in [0, 0.05) is 12.4 Å². The Bertz CT molecular complexity index is 614. The Balaban J connectivity index is 2.00. The molecule has 0 spiro atoms. The predicted molar refractivity (Wildman–Crippen MR) is 69.0 cm³/mol. The normalized spacial score (nSPS) is 11.2. The minimum Gasteiger partial charge on any atom is -0.350 e. The van der Waals surface area contributed by atoms with Crippen LogP contribution in [0.15, 0.2) is 42.9 Å². The summed E-state index contributed by atoms with van der Waals surface area (Å²) in [5, 5.41) is 2.52. The van der Waals surface area contributed by atoms with Crippen molar-refractivity contribution in [1.82, 2.24) is 15.3 Å². The summed E-state index contributed by atoms with van der Waals surface area (Å²) in [6, 6.07) is 5.03. The third-order valence-electron chi connectivity index (χ3n) is 2.76. The largest absolute Gasteiger partial charge is 0.416 e. The van der Waals surface area contributed by atoms with Gasteiger partial charge in [-0.05, 0) is 11.6 Å². The van der Waals surface area contributed by atoms with Crippen LogP contribution in [0.1, 0.15) is 16.8 Å². The Kier molecular flexibility index (Phi) is 4.52. The van der Waals surface area contributed by atoms with E-state index in [0.717, 1.165) is 6.07 Å². The Morgan fingerprint density at radius 2 is 1.95 bits per heavy atom. The molecule has 0 aliphatic rings. The van der Waals surface area contributed by atoms with Gasteiger partial charge < -0.3 is 5.32 Å². The zero-order valence-corrected chi connectivity index (χ0v) is 10.9. The smallest absolute Gasteiger partial charge is 0.350 e. The average Bonchev–Trinajstić information content (AvgIpc) is 2.46. The quantitative estimate of drug-likeness (QED) is 0.942. The predicted octanol–water partition coefficient (Wildman–Crippen LogP) is 2.35. The maximum atomic E-state index is 12.8. The number of rotatable bonds is 4.